The maximum absolute atomic E-state index is 11.9. The van der Waals surface area contributed by atoms with Crippen molar-refractivity contribution in [3.63, 3.8) is 0 Å². The van der Waals surface area contributed by atoms with Gasteiger partial charge in [0.25, 0.3) is 0 Å². The monoisotopic (exact) mass is 340 g/mol. The lowest BCUT2D eigenvalue weighted by Crippen LogP contribution is -2.40. The molecule has 0 aliphatic rings. The van der Waals surface area contributed by atoms with Gasteiger partial charge in [-0.1, -0.05) is 44.2 Å². The van der Waals surface area contributed by atoms with Gasteiger partial charge in [-0.25, -0.2) is 12.7 Å². The summed E-state index contributed by atoms with van der Waals surface area (Å²) >= 11 is 0. The number of carbonyl (C=O) groups is 1. The first-order valence-corrected chi connectivity index (χ1v) is 10.00. The number of carbonyl (C=O) groups excluding carboxylic acids is 1. The average molecular weight is 340 g/mol. The summed E-state index contributed by atoms with van der Waals surface area (Å²) in [6, 6.07) is 9.78. The first kappa shape index (κ1) is 19.6. The van der Waals surface area contributed by atoms with Gasteiger partial charge in [-0.15, -0.1) is 0 Å². The van der Waals surface area contributed by atoms with E-state index in [9.17, 15) is 13.2 Å². The Hall–Kier alpha value is -1.40. The Balaban J connectivity index is 2.51. The summed E-state index contributed by atoms with van der Waals surface area (Å²) in [7, 11) is -3.28. The average Bonchev–Trinajstić information content (AvgIpc) is 2.51. The standard InChI is InChI=1S/C17H28N2O3S/c1-4-16(5-2)17(20)18-12-14-19(23(3,21)22)13-11-15-9-7-6-8-10-15/h6-10,16H,4-5,11-14H2,1-3H3,(H,18,20). The maximum Gasteiger partial charge on any atom is 0.223 e. The third kappa shape index (κ3) is 7.14. The highest BCUT2D eigenvalue weighted by Gasteiger charge is 2.18. The highest BCUT2D eigenvalue weighted by molar-refractivity contribution is 7.88. The minimum Gasteiger partial charge on any atom is -0.355 e. The first-order valence-electron chi connectivity index (χ1n) is 8.15. The number of benzene rings is 1. The summed E-state index contributed by atoms with van der Waals surface area (Å²) in [5.74, 6) is 0.0116. The second-order valence-corrected chi connectivity index (χ2v) is 7.68. The molecule has 1 N–H and O–H groups in total. The molecule has 0 fully saturated rings. The van der Waals surface area contributed by atoms with Crippen LogP contribution in [0.4, 0.5) is 0 Å². The van der Waals surface area contributed by atoms with Crippen LogP contribution in [-0.2, 0) is 21.2 Å². The molecule has 5 nitrogen and oxygen atoms in total. The maximum atomic E-state index is 11.9. The van der Waals surface area contributed by atoms with E-state index in [0.29, 0.717) is 26.1 Å². The van der Waals surface area contributed by atoms with E-state index in [-0.39, 0.29) is 11.8 Å². The highest BCUT2D eigenvalue weighted by Crippen LogP contribution is 2.07. The van der Waals surface area contributed by atoms with Crippen LogP contribution >= 0.6 is 0 Å². The van der Waals surface area contributed by atoms with Crippen LogP contribution in [0.2, 0.25) is 0 Å². The molecule has 23 heavy (non-hydrogen) atoms. The van der Waals surface area contributed by atoms with Crippen molar-refractivity contribution in [2.75, 3.05) is 25.9 Å². The molecule has 1 rings (SSSR count). The number of hydrogen-bond donors (Lipinski definition) is 1. The summed E-state index contributed by atoms with van der Waals surface area (Å²) < 4.78 is 25.2. The summed E-state index contributed by atoms with van der Waals surface area (Å²) in [5, 5.41) is 2.84. The van der Waals surface area contributed by atoms with E-state index in [2.05, 4.69) is 5.32 Å². The van der Waals surface area contributed by atoms with Crippen LogP contribution in [0.1, 0.15) is 32.3 Å². The van der Waals surface area contributed by atoms with Crippen LogP contribution in [0.3, 0.4) is 0 Å². The first-order chi connectivity index (χ1) is 10.9. The molecular weight excluding hydrogens is 312 g/mol. The van der Waals surface area contributed by atoms with Crippen LogP contribution in [0.25, 0.3) is 0 Å². The summed E-state index contributed by atoms with van der Waals surface area (Å²) in [5.41, 5.74) is 1.10. The Morgan fingerprint density at radius 3 is 2.26 bits per heavy atom. The van der Waals surface area contributed by atoms with Crippen molar-refractivity contribution in [1.29, 1.82) is 0 Å². The number of nitrogens with one attached hydrogen (secondary N) is 1. The van der Waals surface area contributed by atoms with Gasteiger partial charge in [-0.2, -0.15) is 0 Å². The van der Waals surface area contributed by atoms with Crippen LogP contribution in [0.15, 0.2) is 30.3 Å². The molecule has 0 spiro atoms. The Labute approximate surface area is 140 Å². The molecule has 0 radical (unpaired) electrons. The van der Waals surface area contributed by atoms with Crippen molar-refractivity contribution in [1.82, 2.24) is 9.62 Å². The molecule has 0 aliphatic carbocycles. The SMILES string of the molecule is CCC(CC)C(=O)NCCN(CCc1ccccc1)S(C)(=O)=O. The normalized spacial score (nSPS) is 11.9. The van der Waals surface area contributed by atoms with Gasteiger partial charge in [0.15, 0.2) is 0 Å². The molecule has 0 saturated heterocycles. The van der Waals surface area contributed by atoms with Crippen molar-refractivity contribution in [3.8, 4) is 0 Å². The van der Waals surface area contributed by atoms with Crippen LogP contribution in [-0.4, -0.2) is 44.5 Å². The van der Waals surface area contributed by atoms with Crippen molar-refractivity contribution in [2.45, 2.75) is 33.1 Å². The minimum atomic E-state index is -3.28. The number of sulfonamides is 1. The molecule has 130 valence electrons. The predicted molar refractivity (Wildman–Crippen MR) is 93.6 cm³/mol. The molecule has 0 bridgehead atoms. The third-order valence-electron chi connectivity index (χ3n) is 3.98. The van der Waals surface area contributed by atoms with Gasteiger partial charge in [-0.3, -0.25) is 4.79 Å². The third-order valence-corrected chi connectivity index (χ3v) is 5.28. The molecule has 0 heterocycles. The number of amides is 1. The second kappa shape index (κ2) is 9.67. The topological polar surface area (TPSA) is 66.5 Å². The Bertz CT molecular complexity index is 569. The summed E-state index contributed by atoms with van der Waals surface area (Å²) in [4.78, 5) is 11.9. The lowest BCUT2D eigenvalue weighted by Gasteiger charge is -2.21. The quantitative estimate of drug-likeness (QED) is 0.709. The Kier molecular flexibility index (Phi) is 8.26. The smallest absolute Gasteiger partial charge is 0.223 e. The van der Waals surface area contributed by atoms with E-state index >= 15 is 0 Å². The zero-order valence-corrected chi connectivity index (χ0v) is 15.1. The van der Waals surface area contributed by atoms with Crippen molar-refractivity contribution in [2.24, 2.45) is 5.92 Å². The fourth-order valence-electron chi connectivity index (χ4n) is 2.45. The molecule has 1 aromatic carbocycles. The van der Waals surface area contributed by atoms with Crippen LogP contribution in [0.5, 0.6) is 0 Å². The van der Waals surface area contributed by atoms with Crippen molar-refractivity contribution in [3.05, 3.63) is 35.9 Å². The van der Waals surface area contributed by atoms with Gasteiger partial charge in [0.2, 0.25) is 15.9 Å². The number of rotatable bonds is 10. The van der Waals surface area contributed by atoms with E-state index in [1.165, 1.54) is 10.6 Å². The number of hydrogen-bond acceptors (Lipinski definition) is 3. The molecule has 0 unspecified atom stereocenters. The fraction of sp³-hybridized carbons (Fsp3) is 0.588. The fourth-order valence-corrected chi connectivity index (χ4v) is 3.30. The second-order valence-electron chi connectivity index (χ2n) is 5.70. The molecule has 0 saturated carbocycles. The Morgan fingerprint density at radius 1 is 1.13 bits per heavy atom. The van der Waals surface area contributed by atoms with Gasteiger partial charge in [0.1, 0.15) is 0 Å². The molecular formula is C17H28N2O3S. The molecule has 6 heteroatoms. The van der Waals surface area contributed by atoms with Crippen LogP contribution in [0, 0.1) is 5.92 Å². The van der Waals surface area contributed by atoms with Gasteiger partial charge >= 0.3 is 0 Å². The molecule has 0 aliphatic heterocycles. The van der Waals surface area contributed by atoms with E-state index in [4.69, 9.17) is 0 Å². The number of nitrogens with zero attached hydrogens (tertiary/aromatic N) is 1. The zero-order valence-electron chi connectivity index (χ0n) is 14.3. The highest BCUT2D eigenvalue weighted by atomic mass is 32.2. The Morgan fingerprint density at radius 2 is 1.74 bits per heavy atom. The van der Waals surface area contributed by atoms with Gasteiger partial charge in [0.05, 0.1) is 6.26 Å². The van der Waals surface area contributed by atoms with E-state index in [1.54, 1.807) is 0 Å². The van der Waals surface area contributed by atoms with Crippen molar-refractivity contribution < 1.29 is 13.2 Å². The molecule has 1 amide bonds. The largest absolute Gasteiger partial charge is 0.355 e. The lowest BCUT2D eigenvalue weighted by atomic mass is 10.0. The molecule has 0 atom stereocenters. The lowest BCUT2D eigenvalue weighted by molar-refractivity contribution is -0.125. The van der Waals surface area contributed by atoms with Gasteiger partial charge < -0.3 is 5.32 Å². The van der Waals surface area contributed by atoms with Crippen LogP contribution < -0.4 is 5.32 Å². The van der Waals surface area contributed by atoms with Crippen molar-refractivity contribution >= 4 is 15.9 Å². The predicted octanol–water partition coefficient (Wildman–Crippen LogP) is 2.04. The minimum absolute atomic E-state index is 0.00556. The summed E-state index contributed by atoms with van der Waals surface area (Å²) in [6.45, 7) is 5.03. The molecule has 0 aromatic heterocycles. The summed E-state index contributed by atoms with van der Waals surface area (Å²) in [6.07, 6.45) is 3.47. The zero-order chi connectivity index (χ0) is 17.3. The van der Waals surface area contributed by atoms with Gasteiger partial charge in [-0.05, 0) is 24.8 Å². The molecule has 1 aromatic rings. The van der Waals surface area contributed by atoms with E-state index in [1.807, 2.05) is 44.2 Å². The van der Waals surface area contributed by atoms with E-state index in [0.717, 1.165) is 18.4 Å². The van der Waals surface area contributed by atoms with Gasteiger partial charge in [0, 0.05) is 25.6 Å². The van der Waals surface area contributed by atoms with E-state index < -0.39 is 10.0 Å².